The Morgan fingerprint density at radius 1 is 1.00 bits per heavy atom. The normalized spacial score (nSPS) is 11.9. The van der Waals surface area contributed by atoms with Crippen LogP contribution in [0.2, 0.25) is 0 Å². The third kappa shape index (κ3) is 2.02. The van der Waals surface area contributed by atoms with Gasteiger partial charge in [0.25, 0.3) is 0 Å². The predicted molar refractivity (Wildman–Crippen MR) is 103 cm³/mol. The second-order valence-corrected chi connectivity index (χ2v) is 6.83. The summed E-state index contributed by atoms with van der Waals surface area (Å²) in [6.45, 7) is 2.04. The van der Waals surface area contributed by atoms with E-state index >= 15 is 0 Å². The van der Waals surface area contributed by atoms with Crippen LogP contribution in [-0.4, -0.2) is 29.3 Å². The van der Waals surface area contributed by atoms with Crippen molar-refractivity contribution in [2.45, 2.75) is 20.0 Å². The molecule has 0 fully saturated rings. The molecule has 2 aromatic heterocycles. The summed E-state index contributed by atoms with van der Waals surface area (Å²) in [7, 11) is 0. The fraction of sp³-hybridized carbons (Fsp3) is 0.150. The lowest BCUT2D eigenvalue weighted by Gasteiger charge is -2.10. The first-order valence-corrected chi connectivity index (χ1v) is 8.82. The van der Waals surface area contributed by atoms with Gasteiger partial charge in [0.05, 0.1) is 17.7 Å². The Bertz CT molecular complexity index is 1220. The minimum absolute atomic E-state index is 0.0448. The zero-order valence-electron chi connectivity index (χ0n) is 15.0. The topological polar surface area (TPSA) is 106 Å². The first-order chi connectivity index (χ1) is 13.5. The Morgan fingerprint density at radius 3 is 2.14 bits per heavy atom. The van der Waals surface area contributed by atoms with Gasteiger partial charge in [-0.2, -0.15) is 0 Å². The summed E-state index contributed by atoms with van der Waals surface area (Å²) in [5, 5.41) is 35.0. The average molecular weight is 376 g/mol. The van der Waals surface area contributed by atoms with Gasteiger partial charge >= 0.3 is 5.82 Å². The van der Waals surface area contributed by atoms with E-state index in [-0.39, 0.29) is 30.7 Å². The summed E-state index contributed by atoms with van der Waals surface area (Å²) >= 11 is 0. The fourth-order valence-corrected chi connectivity index (χ4v) is 4.15. The molecule has 0 unspecified atom stereocenters. The molecule has 5 rings (SSSR count). The maximum absolute atomic E-state index is 11.2. The maximum atomic E-state index is 11.2. The monoisotopic (exact) mass is 376 g/mol. The van der Waals surface area contributed by atoms with E-state index in [1.54, 1.807) is 6.92 Å². The van der Waals surface area contributed by atoms with Crippen LogP contribution in [0.5, 0.6) is 11.8 Å². The van der Waals surface area contributed by atoms with Gasteiger partial charge in [-0.25, -0.2) is 9.55 Å². The van der Waals surface area contributed by atoms with Crippen molar-refractivity contribution in [3.63, 3.8) is 0 Å². The average Bonchev–Trinajstić information content (AvgIpc) is 3.29. The van der Waals surface area contributed by atoms with Crippen LogP contribution in [0.4, 0.5) is 5.82 Å². The molecule has 0 amide bonds. The second kappa shape index (κ2) is 5.59. The highest BCUT2D eigenvalue weighted by Gasteiger charge is 2.32. The van der Waals surface area contributed by atoms with Crippen molar-refractivity contribution in [2.75, 3.05) is 0 Å². The Hall–Kier alpha value is -3.81. The van der Waals surface area contributed by atoms with Crippen LogP contribution in [0.3, 0.4) is 0 Å². The van der Waals surface area contributed by atoms with Gasteiger partial charge in [-0.3, -0.25) is 4.57 Å². The first-order valence-electron chi connectivity index (χ1n) is 8.82. The van der Waals surface area contributed by atoms with Crippen molar-refractivity contribution in [2.24, 2.45) is 0 Å². The number of benzene rings is 2. The van der Waals surface area contributed by atoms with Gasteiger partial charge in [-0.05, 0) is 26.8 Å². The van der Waals surface area contributed by atoms with Crippen LogP contribution in [-0.2, 0) is 13.1 Å². The van der Waals surface area contributed by atoms with Crippen LogP contribution < -0.4 is 0 Å². The van der Waals surface area contributed by atoms with Crippen LogP contribution >= 0.6 is 0 Å². The smallest absolute Gasteiger partial charge is 0.342 e. The Kier molecular flexibility index (Phi) is 3.27. The number of aromatic nitrogens is 3. The summed E-state index contributed by atoms with van der Waals surface area (Å²) in [5.74, 6) is 0.292. The molecular weight excluding hydrogens is 360 g/mol. The van der Waals surface area contributed by atoms with Crippen LogP contribution in [0.15, 0.2) is 42.6 Å². The van der Waals surface area contributed by atoms with Gasteiger partial charge in [0.1, 0.15) is 12.7 Å². The molecule has 2 heterocycles. The molecule has 8 nitrogen and oxygen atoms in total. The molecule has 0 spiro atoms. The van der Waals surface area contributed by atoms with Crippen molar-refractivity contribution in [3.05, 3.63) is 58.5 Å². The molecule has 140 valence electrons. The highest BCUT2D eigenvalue weighted by atomic mass is 16.6. The van der Waals surface area contributed by atoms with Gasteiger partial charge in [0, 0.05) is 6.92 Å². The number of hydrogen-bond acceptors (Lipinski definition) is 5. The molecule has 1 aliphatic rings. The number of imidazole rings is 1. The third-order valence-electron chi connectivity index (χ3n) is 5.42. The molecular formula is C20H16N4O4. The van der Waals surface area contributed by atoms with Crippen LogP contribution in [0.1, 0.15) is 5.82 Å². The largest absolute Gasteiger partial charge is 0.494 e. The van der Waals surface area contributed by atoms with E-state index < -0.39 is 4.92 Å². The molecule has 28 heavy (non-hydrogen) atoms. The lowest BCUT2D eigenvalue weighted by molar-refractivity contribution is -0.392. The number of rotatable bonds is 4. The molecule has 0 radical (unpaired) electrons. The SMILES string of the molecule is Cc1ncc([N+](=O)[O-])n1CCn1c(O)c2c(c1O)-c1cccc3cccc-2c13. The molecule has 1 aliphatic carbocycles. The molecule has 2 N–H and O–H groups in total. The Morgan fingerprint density at radius 2 is 1.57 bits per heavy atom. The van der Waals surface area contributed by atoms with E-state index in [2.05, 4.69) is 4.98 Å². The van der Waals surface area contributed by atoms with E-state index in [0.29, 0.717) is 17.0 Å². The van der Waals surface area contributed by atoms with Crippen molar-refractivity contribution in [3.8, 4) is 34.0 Å². The highest BCUT2D eigenvalue weighted by Crippen LogP contribution is 2.56. The number of fused-ring (bicyclic) bond motifs is 3. The molecule has 0 bridgehead atoms. The quantitative estimate of drug-likeness (QED) is 0.366. The summed E-state index contributed by atoms with van der Waals surface area (Å²) in [6.07, 6.45) is 1.21. The molecule has 0 atom stereocenters. The lowest BCUT2D eigenvalue weighted by Crippen LogP contribution is -2.10. The van der Waals surface area contributed by atoms with E-state index in [0.717, 1.165) is 21.9 Å². The second-order valence-electron chi connectivity index (χ2n) is 6.83. The number of aromatic hydroxyl groups is 2. The molecule has 0 saturated carbocycles. The predicted octanol–water partition coefficient (Wildman–Crippen LogP) is 3.81. The fourth-order valence-electron chi connectivity index (χ4n) is 4.15. The van der Waals surface area contributed by atoms with E-state index in [4.69, 9.17) is 0 Å². The van der Waals surface area contributed by atoms with Crippen LogP contribution in [0.25, 0.3) is 33.0 Å². The maximum Gasteiger partial charge on any atom is 0.342 e. The molecule has 0 aliphatic heterocycles. The van der Waals surface area contributed by atoms with Gasteiger partial charge in [0.15, 0.2) is 5.82 Å². The zero-order valence-corrected chi connectivity index (χ0v) is 15.0. The zero-order chi connectivity index (χ0) is 19.6. The highest BCUT2D eigenvalue weighted by molar-refractivity contribution is 6.17. The van der Waals surface area contributed by atoms with Crippen molar-refractivity contribution in [1.82, 2.24) is 14.1 Å². The Balaban J connectivity index is 1.60. The summed E-state index contributed by atoms with van der Waals surface area (Å²) in [5.41, 5.74) is 2.95. The van der Waals surface area contributed by atoms with E-state index in [9.17, 15) is 20.3 Å². The number of nitrogens with zero attached hydrogens (tertiary/aromatic N) is 4. The minimum atomic E-state index is -0.494. The summed E-state index contributed by atoms with van der Waals surface area (Å²) in [6, 6.07) is 11.7. The first kappa shape index (κ1) is 16.4. The Labute approximate surface area is 159 Å². The number of hydrogen-bond donors (Lipinski definition) is 2. The summed E-state index contributed by atoms with van der Waals surface area (Å²) < 4.78 is 2.85. The lowest BCUT2D eigenvalue weighted by atomic mass is 10.0. The van der Waals surface area contributed by atoms with Crippen molar-refractivity contribution < 1.29 is 15.1 Å². The van der Waals surface area contributed by atoms with Gasteiger partial charge in [-0.1, -0.05) is 36.4 Å². The summed E-state index contributed by atoms with van der Waals surface area (Å²) in [4.78, 5) is 14.7. The molecule has 8 heteroatoms. The van der Waals surface area contributed by atoms with Crippen molar-refractivity contribution >= 4 is 16.6 Å². The number of nitro groups is 1. The minimum Gasteiger partial charge on any atom is -0.494 e. The van der Waals surface area contributed by atoms with Crippen LogP contribution in [0, 0.1) is 17.0 Å². The third-order valence-corrected chi connectivity index (χ3v) is 5.42. The van der Waals surface area contributed by atoms with Gasteiger partial charge in [0.2, 0.25) is 11.8 Å². The van der Waals surface area contributed by atoms with E-state index in [1.807, 2.05) is 36.4 Å². The van der Waals surface area contributed by atoms with Gasteiger partial charge < -0.3 is 20.3 Å². The van der Waals surface area contributed by atoms with Crippen molar-refractivity contribution in [1.29, 1.82) is 0 Å². The molecule has 4 aromatic rings. The number of aryl methyl sites for hydroxylation is 1. The molecule has 2 aromatic carbocycles. The van der Waals surface area contributed by atoms with E-state index in [1.165, 1.54) is 15.3 Å². The standard InChI is InChI=1S/C20H16N4O4/c1-11-21-10-15(24(27)28)22(11)8-9-23-19(25)17-13-6-2-4-12-5-3-7-14(16(12)13)18(17)20(23)26/h2-7,10,25-26H,8-9H2,1H3. The van der Waals surface area contributed by atoms with Gasteiger partial charge in [-0.15, -0.1) is 0 Å². The molecule has 0 saturated heterocycles.